The minimum absolute atomic E-state index is 0. The van der Waals surface area contributed by atoms with Crippen LogP contribution in [0, 0.1) is 0 Å². The van der Waals surface area contributed by atoms with Crippen molar-refractivity contribution in [2.75, 3.05) is 26.3 Å². The second-order valence-corrected chi connectivity index (χ2v) is 5.01. The van der Waals surface area contributed by atoms with Gasteiger partial charge in [0.15, 0.2) is 11.5 Å². The van der Waals surface area contributed by atoms with E-state index in [1.807, 2.05) is 4.90 Å². The molecule has 5 nitrogen and oxygen atoms in total. The van der Waals surface area contributed by atoms with Crippen molar-refractivity contribution in [1.82, 2.24) is 4.90 Å². The molecule has 1 aromatic rings. The molecule has 0 saturated carbocycles. The lowest BCUT2D eigenvalue weighted by molar-refractivity contribution is 0.0707. The van der Waals surface area contributed by atoms with Gasteiger partial charge in [-0.15, -0.1) is 12.4 Å². The predicted molar refractivity (Wildman–Crippen MR) is 77.8 cm³/mol. The van der Waals surface area contributed by atoms with E-state index < -0.39 is 0 Å². The van der Waals surface area contributed by atoms with Crippen LogP contribution >= 0.6 is 12.4 Å². The summed E-state index contributed by atoms with van der Waals surface area (Å²) in [7, 11) is 0. The third kappa shape index (κ3) is 2.99. The molecule has 2 aliphatic heterocycles. The Balaban J connectivity index is 0.00000147. The fraction of sp³-hybridized carbons (Fsp3) is 0.500. The number of ether oxygens (including phenoxy) is 2. The van der Waals surface area contributed by atoms with Crippen LogP contribution < -0.4 is 15.2 Å². The quantitative estimate of drug-likeness (QED) is 0.852. The van der Waals surface area contributed by atoms with Gasteiger partial charge in [0, 0.05) is 24.7 Å². The summed E-state index contributed by atoms with van der Waals surface area (Å²) in [6.07, 6.45) is 1.96. The van der Waals surface area contributed by atoms with Crippen molar-refractivity contribution >= 4 is 18.3 Å². The van der Waals surface area contributed by atoms with E-state index in [9.17, 15) is 4.79 Å². The van der Waals surface area contributed by atoms with Gasteiger partial charge in [-0.25, -0.2) is 0 Å². The lowest BCUT2D eigenvalue weighted by Crippen LogP contribution is -2.45. The molecule has 110 valence electrons. The van der Waals surface area contributed by atoms with Crippen LogP contribution in [0.3, 0.4) is 0 Å². The maximum absolute atomic E-state index is 12.4. The molecule has 1 atom stereocenters. The van der Waals surface area contributed by atoms with Gasteiger partial charge < -0.3 is 20.1 Å². The van der Waals surface area contributed by atoms with Crippen molar-refractivity contribution in [3.63, 3.8) is 0 Å². The van der Waals surface area contributed by atoms with Crippen LogP contribution in [0.1, 0.15) is 23.2 Å². The van der Waals surface area contributed by atoms with Crippen LogP contribution in [0.4, 0.5) is 0 Å². The van der Waals surface area contributed by atoms with E-state index in [2.05, 4.69) is 0 Å². The Bertz CT molecular complexity index is 495. The third-order valence-electron chi connectivity index (χ3n) is 3.53. The number of nitrogens with two attached hydrogens (primary N) is 1. The molecule has 0 spiro atoms. The lowest BCUT2D eigenvalue weighted by atomic mass is 10.1. The fourth-order valence-corrected chi connectivity index (χ4v) is 2.55. The van der Waals surface area contributed by atoms with Crippen LogP contribution in [0.5, 0.6) is 11.5 Å². The van der Waals surface area contributed by atoms with Crippen molar-refractivity contribution in [3.05, 3.63) is 23.8 Å². The zero-order valence-electron chi connectivity index (χ0n) is 11.2. The number of piperidine rings is 1. The first kappa shape index (κ1) is 14.9. The molecule has 2 heterocycles. The Hall–Kier alpha value is -1.46. The average Bonchev–Trinajstić information content (AvgIpc) is 2.46. The van der Waals surface area contributed by atoms with E-state index in [-0.39, 0.29) is 24.4 Å². The molecule has 0 bridgehead atoms. The predicted octanol–water partition coefficient (Wildman–Crippen LogP) is 1.44. The van der Waals surface area contributed by atoms with E-state index in [1.165, 1.54) is 0 Å². The lowest BCUT2D eigenvalue weighted by Gasteiger charge is -2.31. The second kappa shape index (κ2) is 6.33. The summed E-state index contributed by atoms with van der Waals surface area (Å²) in [4.78, 5) is 14.2. The Kier molecular flexibility index (Phi) is 4.73. The summed E-state index contributed by atoms with van der Waals surface area (Å²) in [5, 5.41) is 0. The monoisotopic (exact) mass is 298 g/mol. The second-order valence-electron chi connectivity index (χ2n) is 5.01. The van der Waals surface area contributed by atoms with Gasteiger partial charge in [-0.1, -0.05) is 0 Å². The van der Waals surface area contributed by atoms with Gasteiger partial charge in [0.05, 0.1) is 0 Å². The number of nitrogens with zero attached hydrogens (tertiary/aromatic N) is 1. The highest BCUT2D eigenvalue weighted by Gasteiger charge is 2.23. The van der Waals surface area contributed by atoms with Crippen LogP contribution in [0.25, 0.3) is 0 Å². The molecule has 2 aliphatic rings. The van der Waals surface area contributed by atoms with Gasteiger partial charge in [-0.05, 0) is 31.0 Å². The average molecular weight is 299 g/mol. The minimum Gasteiger partial charge on any atom is -0.486 e. The standard InChI is InChI=1S/C14H18N2O3.ClH/c15-11-2-1-5-16(9-11)14(17)10-3-4-12-13(8-10)19-7-6-18-12;/h3-4,8,11H,1-2,5-7,9,15H2;1H. The van der Waals surface area contributed by atoms with Gasteiger partial charge in [0.25, 0.3) is 5.91 Å². The number of amides is 1. The van der Waals surface area contributed by atoms with Crippen molar-refractivity contribution in [1.29, 1.82) is 0 Å². The maximum Gasteiger partial charge on any atom is 0.254 e. The molecule has 3 rings (SSSR count). The molecule has 0 aliphatic carbocycles. The number of carbonyl (C=O) groups excluding carboxylic acids is 1. The molecule has 2 N–H and O–H groups in total. The first-order valence-corrected chi connectivity index (χ1v) is 6.68. The summed E-state index contributed by atoms with van der Waals surface area (Å²) in [6.45, 7) is 2.49. The number of carbonyl (C=O) groups is 1. The Labute approximate surface area is 124 Å². The molecule has 1 fully saturated rings. The molecule has 0 radical (unpaired) electrons. The number of halogens is 1. The highest BCUT2D eigenvalue weighted by Crippen LogP contribution is 2.31. The Morgan fingerprint density at radius 2 is 2.00 bits per heavy atom. The van der Waals surface area contributed by atoms with Crippen LogP contribution in [0.15, 0.2) is 18.2 Å². The summed E-state index contributed by atoms with van der Waals surface area (Å²) in [5.41, 5.74) is 6.55. The topological polar surface area (TPSA) is 64.8 Å². The fourth-order valence-electron chi connectivity index (χ4n) is 2.55. The zero-order valence-corrected chi connectivity index (χ0v) is 12.0. The van der Waals surface area contributed by atoms with Crippen LogP contribution in [0.2, 0.25) is 0 Å². The van der Waals surface area contributed by atoms with Gasteiger partial charge in [-0.2, -0.15) is 0 Å². The number of rotatable bonds is 1. The molecular formula is C14H19ClN2O3. The molecule has 0 aromatic heterocycles. The maximum atomic E-state index is 12.4. The van der Waals surface area contributed by atoms with Gasteiger partial charge in [0.2, 0.25) is 0 Å². The van der Waals surface area contributed by atoms with E-state index >= 15 is 0 Å². The van der Waals surface area contributed by atoms with Crippen molar-refractivity contribution in [2.45, 2.75) is 18.9 Å². The van der Waals surface area contributed by atoms with Crippen LogP contribution in [-0.4, -0.2) is 43.2 Å². The smallest absolute Gasteiger partial charge is 0.254 e. The molecule has 1 unspecified atom stereocenters. The van der Waals surface area contributed by atoms with Crippen molar-refractivity contribution in [2.24, 2.45) is 5.73 Å². The molecular weight excluding hydrogens is 280 g/mol. The summed E-state index contributed by atoms with van der Waals surface area (Å²) >= 11 is 0. The van der Waals surface area contributed by atoms with Crippen molar-refractivity contribution < 1.29 is 14.3 Å². The first-order valence-electron chi connectivity index (χ1n) is 6.68. The number of likely N-dealkylation sites (tertiary alicyclic amines) is 1. The number of hydrogen-bond acceptors (Lipinski definition) is 4. The Morgan fingerprint density at radius 3 is 2.75 bits per heavy atom. The molecule has 6 heteroatoms. The highest BCUT2D eigenvalue weighted by molar-refractivity contribution is 5.95. The molecule has 1 amide bonds. The number of benzene rings is 1. The highest BCUT2D eigenvalue weighted by atomic mass is 35.5. The van der Waals surface area contributed by atoms with E-state index in [4.69, 9.17) is 15.2 Å². The van der Waals surface area contributed by atoms with E-state index in [1.54, 1.807) is 18.2 Å². The van der Waals surface area contributed by atoms with Crippen molar-refractivity contribution in [3.8, 4) is 11.5 Å². The SMILES string of the molecule is Cl.NC1CCCN(C(=O)c2ccc3c(c2)OCCO3)C1. The molecule has 20 heavy (non-hydrogen) atoms. The summed E-state index contributed by atoms with van der Waals surface area (Å²) in [5.74, 6) is 1.38. The Morgan fingerprint density at radius 1 is 1.25 bits per heavy atom. The largest absolute Gasteiger partial charge is 0.486 e. The van der Waals surface area contributed by atoms with Gasteiger partial charge >= 0.3 is 0 Å². The third-order valence-corrected chi connectivity index (χ3v) is 3.53. The zero-order chi connectivity index (χ0) is 13.2. The normalized spacial score (nSPS) is 21.1. The van der Waals surface area contributed by atoms with Gasteiger partial charge in [-0.3, -0.25) is 4.79 Å². The van der Waals surface area contributed by atoms with Crippen LogP contribution in [-0.2, 0) is 0 Å². The molecule has 1 aromatic carbocycles. The number of hydrogen-bond donors (Lipinski definition) is 1. The molecule has 1 saturated heterocycles. The van der Waals surface area contributed by atoms with Gasteiger partial charge in [0.1, 0.15) is 13.2 Å². The first-order chi connectivity index (χ1) is 9.24. The summed E-state index contributed by atoms with van der Waals surface area (Å²) < 4.78 is 11.0. The summed E-state index contributed by atoms with van der Waals surface area (Å²) in [6, 6.07) is 5.44. The van der Waals surface area contributed by atoms with E-state index in [0.29, 0.717) is 36.8 Å². The minimum atomic E-state index is 0. The van der Waals surface area contributed by atoms with E-state index in [0.717, 1.165) is 19.4 Å². The number of fused-ring (bicyclic) bond motifs is 1.